The second kappa shape index (κ2) is 13.5. The van der Waals surface area contributed by atoms with Gasteiger partial charge in [0.2, 0.25) is 5.54 Å². The van der Waals surface area contributed by atoms with E-state index in [4.69, 9.17) is 19.9 Å². The Morgan fingerprint density at radius 1 is 0.935 bits per heavy atom. The third-order valence-electron chi connectivity index (χ3n) is 5.45. The lowest BCUT2D eigenvalue weighted by atomic mass is 9.92. The number of aryl methyl sites for hydroxylation is 1. The molecule has 1 rings (SSSR count). The van der Waals surface area contributed by atoms with Crippen LogP contribution < -0.4 is 10.5 Å². The third kappa shape index (κ3) is 9.43. The molecule has 0 saturated heterocycles. The third-order valence-corrected chi connectivity index (χ3v) is 9.01. The molecule has 0 unspecified atom stereocenters. The monoisotopic (exact) mass is 451 g/mol. The number of ether oxygens (including phenoxy) is 3. The van der Waals surface area contributed by atoms with E-state index in [9.17, 15) is 9.59 Å². The van der Waals surface area contributed by atoms with E-state index in [1.165, 1.54) is 24.9 Å². The molecule has 0 amide bonds. The maximum atomic E-state index is 12.3. The molecule has 0 aliphatic rings. The Morgan fingerprint density at radius 3 is 2.03 bits per heavy atom. The highest BCUT2D eigenvalue weighted by Gasteiger charge is 2.44. The number of hydrogen-bond donors (Lipinski definition) is 1. The van der Waals surface area contributed by atoms with Crippen molar-refractivity contribution >= 4 is 20.0 Å². The number of rotatable bonds is 15. The molecule has 0 aromatic heterocycles. The van der Waals surface area contributed by atoms with Gasteiger partial charge in [0.15, 0.2) is 0 Å². The average molecular weight is 452 g/mol. The van der Waals surface area contributed by atoms with Crippen molar-refractivity contribution in [3.63, 3.8) is 0 Å². The maximum absolute atomic E-state index is 12.3. The summed E-state index contributed by atoms with van der Waals surface area (Å²) in [4.78, 5) is 24.5. The first kappa shape index (κ1) is 27.2. The minimum absolute atomic E-state index is 0.113. The van der Waals surface area contributed by atoms with Gasteiger partial charge in [-0.3, -0.25) is 0 Å². The van der Waals surface area contributed by atoms with Crippen LogP contribution in [0, 0.1) is 0 Å². The molecule has 1 aromatic rings. The largest absolute Gasteiger partial charge is 0.494 e. The van der Waals surface area contributed by atoms with E-state index in [2.05, 4.69) is 20.0 Å². The van der Waals surface area contributed by atoms with Gasteiger partial charge in [-0.05, 0) is 50.8 Å². The highest BCUT2D eigenvalue weighted by molar-refractivity contribution is 6.77. The minimum atomic E-state index is -1.80. The molecule has 7 heteroatoms. The molecule has 0 aliphatic heterocycles. The predicted molar refractivity (Wildman–Crippen MR) is 127 cm³/mol. The van der Waals surface area contributed by atoms with Gasteiger partial charge in [-0.15, -0.1) is 0 Å². The van der Waals surface area contributed by atoms with Gasteiger partial charge in [-0.2, -0.15) is 0 Å². The molecule has 176 valence electrons. The smallest absolute Gasteiger partial charge is 0.337 e. The van der Waals surface area contributed by atoms with E-state index < -0.39 is 25.6 Å². The van der Waals surface area contributed by atoms with Gasteiger partial charge in [0, 0.05) is 8.07 Å². The zero-order valence-electron chi connectivity index (χ0n) is 20.0. The van der Waals surface area contributed by atoms with Crippen LogP contribution >= 0.6 is 0 Å². The Bertz CT molecular complexity index is 657. The highest BCUT2D eigenvalue weighted by Crippen LogP contribution is 2.21. The van der Waals surface area contributed by atoms with Crippen LogP contribution in [0.3, 0.4) is 0 Å². The molecule has 0 atom stereocenters. The summed E-state index contributed by atoms with van der Waals surface area (Å²) in [6, 6.07) is 10.4. The van der Waals surface area contributed by atoms with Crippen molar-refractivity contribution in [1.29, 1.82) is 0 Å². The number of esters is 2. The van der Waals surface area contributed by atoms with E-state index in [1.807, 2.05) is 24.3 Å². The Morgan fingerprint density at radius 2 is 1.52 bits per heavy atom. The molecule has 0 heterocycles. The standard InChI is InChI=1S/C24H41NO5Si/c1-6-18-31(4,5)19-10-9-17-30-21-13-11-20(12-14-21)15-16-24(25,22(26)28-7-2)23(27)29-8-3/h11-14H,6-10,15-19,25H2,1-5H3. The van der Waals surface area contributed by atoms with E-state index in [-0.39, 0.29) is 19.6 Å². The van der Waals surface area contributed by atoms with Crippen molar-refractivity contribution in [3.8, 4) is 5.75 Å². The Kier molecular flexibility index (Phi) is 11.9. The van der Waals surface area contributed by atoms with Crippen molar-refractivity contribution in [2.24, 2.45) is 5.73 Å². The predicted octanol–water partition coefficient (Wildman–Crippen LogP) is 4.72. The summed E-state index contributed by atoms with van der Waals surface area (Å²) >= 11 is 0. The lowest BCUT2D eigenvalue weighted by Crippen LogP contribution is -2.57. The minimum Gasteiger partial charge on any atom is -0.494 e. The Balaban J connectivity index is 2.53. The van der Waals surface area contributed by atoms with E-state index in [1.54, 1.807) is 13.8 Å². The first-order chi connectivity index (χ1) is 14.7. The topological polar surface area (TPSA) is 87.9 Å². The summed E-state index contributed by atoms with van der Waals surface area (Å²) in [6.07, 6.45) is 4.13. The van der Waals surface area contributed by atoms with Crippen LogP contribution in [0.25, 0.3) is 0 Å². The van der Waals surface area contributed by atoms with Gasteiger partial charge in [0.25, 0.3) is 0 Å². The SMILES string of the molecule is CCC[Si](C)(C)CCCCOc1ccc(CCC(N)(C(=O)OCC)C(=O)OCC)cc1. The van der Waals surface area contributed by atoms with Crippen LogP contribution in [0.2, 0.25) is 25.2 Å². The lowest BCUT2D eigenvalue weighted by Gasteiger charge is -2.24. The average Bonchev–Trinajstić information content (AvgIpc) is 2.72. The fourth-order valence-corrected chi connectivity index (χ4v) is 6.41. The summed E-state index contributed by atoms with van der Waals surface area (Å²) < 4.78 is 15.9. The molecule has 0 aliphatic carbocycles. The van der Waals surface area contributed by atoms with Gasteiger partial charge in [-0.1, -0.05) is 57.1 Å². The summed E-state index contributed by atoms with van der Waals surface area (Å²) in [6.45, 7) is 11.6. The van der Waals surface area contributed by atoms with Crippen molar-refractivity contribution in [3.05, 3.63) is 29.8 Å². The first-order valence-corrected chi connectivity index (χ1v) is 14.9. The number of carbonyl (C=O) groups is 2. The second-order valence-corrected chi connectivity index (χ2v) is 14.1. The maximum Gasteiger partial charge on any atom is 0.337 e. The van der Waals surface area contributed by atoms with E-state index in [0.717, 1.165) is 17.7 Å². The van der Waals surface area contributed by atoms with Gasteiger partial charge in [0.05, 0.1) is 19.8 Å². The Hall–Kier alpha value is -1.86. The summed E-state index contributed by atoms with van der Waals surface area (Å²) in [5, 5.41) is 0. The van der Waals surface area contributed by atoms with Crippen molar-refractivity contribution in [1.82, 2.24) is 0 Å². The number of unbranched alkanes of at least 4 members (excludes halogenated alkanes) is 1. The van der Waals surface area contributed by atoms with Crippen molar-refractivity contribution < 1.29 is 23.8 Å². The molecule has 2 N–H and O–H groups in total. The van der Waals surface area contributed by atoms with Crippen LogP contribution in [-0.2, 0) is 25.5 Å². The molecule has 1 aromatic carbocycles. The molecule has 31 heavy (non-hydrogen) atoms. The fraction of sp³-hybridized carbons (Fsp3) is 0.667. The van der Waals surface area contributed by atoms with Gasteiger partial charge < -0.3 is 19.9 Å². The number of carbonyl (C=O) groups excluding carboxylic acids is 2. The number of benzene rings is 1. The van der Waals surface area contributed by atoms with Gasteiger partial charge in [0.1, 0.15) is 5.75 Å². The van der Waals surface area contributed by atoms with Crippen molar-refractivity contribution in [2.45, 2.75) is 83.6 Å². The van der Waals surface area contributed by atoms with Gasteiger partial charge >= 0.3 is 11.9 Å². The number of hydrogen-bond acceptors (Lipinski definition) is 6. The molecule has 0 saturated carbocycles. The first-order valence-electron chi connectivity index (χ1n) is 11.5. The molecule has 0 bridgehead atoms. The van der Waals surface area contributed by atoms with Crippen LogP contribution in [0.1, 0.15) is 52.0 Å². The van der Waals surface area contributed by atoms with Crippen LogP contribution in [0.5, 0.6) is 5.75 Å². The van der Waals surface area contributed by atoms with Crippen molar-refractivity contribution in [2.75, 3.05) is 19.8 Å². The molecule has 0 fully saturated rings. The molecule has 6 nitrogen and oxygen atoms in total. The van der Waals surface area contributed by atoms with Crippen LogP contribution in [-0.4, -0.2) is 45.4 Å². The van der Waals surface area contributed by atoms with Crippen LogP contribution in [0.4, 0.5) is 0 Å². The molecular weight excluding hydrogens is 410 g/mol. The van der Waals surface area contributed by atoms with E-state index in [0.29, 0.717) is 13.0 Å². The highest BCUT2D eigenvalue weighted by atomic mass is 28.3. The normalized spacial score (nSPS) is 11.8. The molecular formula is C24H41NO5Si. The summed E-state index contributed by atoms with van der Waals surface area (Å²) in [5.74, 6) is -0.680. The zero-order valence-corrected chi connectivity index (χ0v) is 21.0. The lowest BCUT2D eigenvalue weighted by molar-refractivity contribution is -0.164. The zero-order chi connectivity index (χ0) is 23.3. The quantitative estimate of drug-likeness (QED) is 0.180. The van der Waals surface area contributed by atoms with Gasteiger partial charge in [-0.25, -0.2) is 9.59 Å². The Labute approximate surface area is 188 Å². The second-order valence-electron chi connectivity index (χ2n) is 8.78. The molecule has 0 radical (unpaired) electrons. The fourth-order valence-electron chi connectivity index (χ4n) is 3.60. The molecule has 0 spiro atoms. The van der Waals surface area contributed by atoms with Crippen LogP contribution in [0.15, 0.2) is 24.3 Å². The summed E-state index contributed by atoms with van der Waals surface area (Å²) in [5.41, 5.74) is 5.27. The van der Waals surface area contributed by atoms with E-state index >= 15 is 0 Å². The number of nitrogens with two attached hydrogens (primary N) is 1. The summed E-state index contributed by atoms with van der Waals surface area (Å²) in [7, 11) is -1.02.